The lowest BCUT2D eigenvalue weighted by Gasteiger charge is -2.36. The van der Waals surface area contributed by atoms with Crippen LogP contribution in [-0.2, 0) is 6.42 Å². The minimum atomic E-state index is 0.655. The van der Waals surface area contributed by atoms with Crippen molar-refractivity contribution in [3.63, 3.8) is 0 Å². The second-order valence-electron chi connectivity index (χ2n) is 7.04. The average molecular weight is 325 g/mol. The summed E-state index contributed by atoms with van der Waals surface area (Å²) in [6.45, 7) is 3.52. The molecule has 2 aromatic carbocycles. The van der Waals surface area contributed by atoms with E-state index in [9.17, 15) is 0 Å². The molecule has 23 heavy (non-hydrogen) atoms. The second kappa shape index (κ2) is 5.25. The summed E-state index contributed by atoms with van der Waals surface area (Å²) in [5, 5.41) is 4.41. The maximum atomic E-state index is 6.06. The number of rotatable bonds is 1. The molecule has 2 aromatic rings. The van der Waals surface area contributed by atoms with E-state index < -0.39 is 0 Å². The molecule has 0 aliphatic carbocycles. The lowest BCUT2D eigenvalue weighted by atomic mass is 9.87. The van der Waals surface area contributed by atoms with Gasteiger partial charge in [0.15, 0.2) is 0 Å². The molecular formula is C20H21ClN2. The highest BCUT2D eigenvalue weighted by Crippen LogP contribution is 2.48. The van der Waals surface area contributed by atoms with Crippen molar-refractivity contribution in [3.8, 4) is 11.1 Å². The van der Waals surface area contributed by atoms with Crippen LogP contribution in [0.25, 0.3) is 11.1 Å². The van der Waals surface area contributed by atoms with Crippen molar-refractivity contribution in [1.29, 1.82) is 0 Å². The maximum Gasteiger partial charge on any atom is 0.0438 e. The van der Waals surface area contributed by atoms with Gasteiger partial charge in [-0.15, -0.1) is 0 Å². The van der Waals surface area contributed by atoms with Gasteiger partial charge in [-0.1, -0.05) is 23.7 Å². The van der Waals surface area contributed by atoms with E-state index in [2.05, 4.69) is 34.5 Å². The molecule has 0 bridgehead atoms. The zero-order valence-corrected chi connectivity index (χ0v) is 13.9. The Morgan fingerprint density at radius 2 is 1.96 bits per heavy atom. The molecule has 1 saturated heterocycles. The molecular weight excluding hydrogens is 304 g/mol. The number of nitrogens with zero attached hydrogens (tertiary/aromatic N) is 1. The van der Waals surface area contributed by atoms with Crippen LogP contribution in [0.1, 0.15) is 29.9 Å². The number of halogens is 1. The van der Waals surface area contributed by atoms with E-state index in [0.717, 1.165) is 18.1 Å². The number of anilines is 1. The number of fused-ring (bicyclic) bond motifs is 3. The second-order valence-corrected chi connectivity index (χ2v) is 7.48. The smallest absolute Gasteiger partial charge is 0.0438 e. The summed E-state index contributed by atoms with van der Waals surface area (Å²) in [5.41, 5.74) is 7.31. The fourth-order valence-electron chi connectivity index (χ4n) is 4.77. The number of aryl methyl sites for hydroxylation is 1. The Kier molecular flexibility index (Phi) is 3.17. The van der Waals surface area contributed by atoms with Gasteiger partial charge in [-0.3, -0.25) is 0 Å². The fourth-order valence-corrected chi connectivity index (χ4v) is 4.90. The molecule has 3 heterocycles. The number of nitrogens with one attached hydrogen (secondary N) is 1. The van der Waals surface area contributed by atoms with E-state index in [0.29, 0.717) is 12.0 Å². The van der Waals surface area contributed by atoms with E-state index in [1.54, 1.807) is 16.8 Å². The van der Waals surface area contributed by atoms with Crippen molar-refractivity contribution in [1.82, 2.24) is 5.32 Å². The van der Waals surface area contributed by atoms with E-state index in [1.165, 1.54) is 36.9 Å². The summed E-state index contributed by atoms with van der Waals surface area (Å²) in [5.74, 6) is 0.655. The lowest BCUT2D eigenvalue weighted by Crippen LogP contribution is -2.45. The zero-order valence-electron chi connectivity index (χ0n) is 13.2. The van der Waals surface area contributed by atoms with Gasteiger partial charge in [0, 0.05) is 35.8 Å². The Balaban J connectivity index is 1.66. The van der Waals surface area contributed by atoms with Crippen LogP contribution in [0.15, 0.2) is 36.4 Å². The van der Waals surface area contributed by atoms with Gasteiger partial charge in [0.2, 0.25) is 0 Å². The zero-order chi connectivity index (χ0) is 15.4. The number of benzene rings is 2. The Labute approximate surface area is 142 Å². The largest absolute Gasteiger partial charge is 0.367 e. The molecule has 0 spiro atoms. The first-order valence-corrected chi connectivity index (χ1v) is 9.09. The van der Waals surface area contributed by atoms with E-state index in [4.69, 9.17) is 11.6 Å². The Hall–Kier alpha value is -1.51. The van der Waals surface area contributed by atoms with Crippen molar-refractivity contribution < 1.29 is 0 Å². The molecule has 5 rings (SSSR count). The van der Waals surface area contributed by atoms with Gasteiger partial charge in [0.1, 0.15) is 0 Å². The van der Waals surface area contributed by atoms with Crippen molar-refractivity contribution in [3.05, 3.63) is 52.5 Å². The molecule has 3 aliphatic rings. The molecule has 0 aromatic heterocycles. The third-order valence-corrected chi connectivity index (χ3v) is 6.03. The lowest BCUT2D eigenvalue weighted by molar-refractivity contribution is 0.400. The number of hydrogen-bond acceptors (Lipinski definition) is 2. The van der Waals surface area contributed by atoms with Gasteiger partial charge >= 0.3 is 0 Å². The van der Waals surface area contributed by atoms with Crippen LogP contribution in [0.2, 0.25) is 5.02 Å². The first-order valence-electron chi connectivity index (χ1n) is 8.71. The van der Waals surface area contributed by atoms with Crippen LogP contribution in [0.4, 0.5) is 5.69 Å². The average Bonchev–Trinajstić information content (AvgIpc) is 2.92. The molecule has 2 unspecified atom stereocenters. The van der Waals surface area contributed by atoms with Gasteiger partial charge in [-0.25, -0.2) is 0 Å². The van der Waals surface area contributed by atoms with Crippen LogP contribution in [0.5, 0.6) is 0 Å². The minimum absolute atomic E-state index is 0.655. The molecule has 2 atom stereocenters. The number of hydrogen-bond donors (Lipinski definition) is 1. The highest BCUT2D eigenvalue weighted by molar-refractivity contribution is 6.30. The maximum absolute atomic E-state index is 6.06. The SMILES string of the molecule is Clc1ccc(-c2cc3c4c(c2)C2CNCCC2N4CCC3)cc1. The summed E-state index contributed by atoms with van der Waals surface area (Å²) in [6.07, 6.45) is 3.77. The molecule has 2 nitrogen and oxygen atoms in total. The van der Waals surface area contributed by atoms with Gasteiger partial charge in [0.05, 0.1) is 0 Å². The van der Waals surface area contributed by atoms with Crippen LogP contribution in [0.3, 0.4) is 0 Å². The topological polar surface area (TPSA) is 15.3 Å². The fraction of sp³-hybridized carbons (Fsp3) is 0.400. The standard InChI is InChI=1S/C20H21ClN2/c21-16-5-3-13(4-6-16)15-10-14-2-1-9-23-19-7-8-22-12-18(19)17(11-15)20(14)23/h3-6,10-11,18-19,22H,1-2,7-9,12H2. The summed E-state index contributed by atoms with van der Waals surface area (Å²) < 4.78 is 0. The predicted octanol–water partition coefficient (Wildman–Crippen LogP) is 4.22. The summed E-state index contributed by atoms with van der Waals surface area (Å²) in [7, 11) is 0. The normalized spacial score (nSPS) is 25.2. The first-order chi connectivity index (χ1) is 11.3. The summed E-state index contributed by atoms with van der Waals surface area (Å²) in [6, 6.07) is 13.8. The van der Waals surface area contributed by atoms with Gasteiger partial charge in [0.25, 0.3) is 0 Å². The molecule has 118 valence electrons. The van der Waals surface area contributed by atoms with Crippen LogP contribution in [0, 0.1) is 0 Å². The predicted molar refractivity (Wildman–Crippen MR) is 96.6 cm³/mol. The number of piperidine rings is 1. The van der Waals surface area contributed by atoms with Crippen LogP contribution >= 0.6 is 11.6 Å². The Bertz CT molecular complexity index is 753. The van der Waals surface area contributed by atoms with E-state index in [-0.39, 0.29) is 0 Å². The highest BCUT2D eigenvalue weighted by atomic mass is 35.5. The molecule has 0 amide bonds. The molecule has 1 fully saturated rings. The van der Waals surface area contributed by atoms with Crippen molar-refractivity contribution in [2.24, 2.45) is 0 Å². The Morgan fingerprint density at radius 3 is 2.83 bits per heavy atom. The minimum Gasteiger partial charge on any atom is -0.367 e. The van der Waals surface area contributed by atoms with Crippen LogP contribution < -0.4 is 10.2 Å². The quantitative estimate of drug-likeness (QED) is 0.845. The van der Waals surface area contributed by atoms with Gasteiger partial charge in [-0.2, -0.15) is 0 Å². The van der Waals surface area contributed by atoms with Crippen molar-refractivity contribution in [2.45, 2.75) is 31.2 Å². The van der Waals surface area contributed by atoms with Crippen molar-refractivity contribution in [2.75, 3.05) is 24.5 Å². The van der Waals surface area contributed by atoms with Gasteiger partial charge < -0.3 is 10.2 Å². The summed E-state index contributed by atoms with van der Waals surface area (Å²) in [4.78, 5) is 2.71. The molecule has 0 radical (unpaired) electrons. The van der Waals surface area contributed by atoms with Crippen molar-refractivity contribution >= 4 is 17.3 Å². The van der Waals surface area contributed by atoms with Gasteiger partial charge in [-0.05, 0) is 72.3 Å². The van der Waals surface area contributed by atoms with E-state index >= 15 is 0 Å². The third kappa shape index (κ3) is 2.12. The van der Waals surface area contributed by atoms with E-state index in [1.807, 2.05) is 12.1 Å². The molecule has 1 N–H and O–H groups in total. The first kappa shape index (κ1) is 13.9. The van der Waals surface area contributed by atoms with Crippen LogP contribution in [-0.4, -0.2) is 25.7 Å². The summed E-state index contributed by atoms with van der Waals surface area (Å²) >= 11 is 6.06. The monoisotopic (exact) mass is 324 g/mol. The molecule has 3 heteroatoms. The molecule has 0 saturated carbocycles. The molecule has 3 aliphatic heterocycles. The highest BCUT2D eigenvalue weighted by Gasteiger charge is 2.42. The third-order valence-electron chi connectivity index (χ3n) is 5.77. The Morgan fingerprint density at radius 1 is 1.09 bits per heavy atom.